The van der Waals surface area contributed by atoms with Crippen molar-refractivity contribution >= 4 is 44.3 Å². The molecule has 0 amide bonds. The van der Waals surface area contributed by atoms with Crippen molar-refractivity contribution in [1.82, 2.24) is 14.8 Å². The van der Waals surface area contributed by atoms with Crippen LogP contribution >= 0.6 is 38.5 Å². The third-order valence-corrected chi connectivity index (χ3v) is 4.05. The van der Waals surface area contributed by atoms with Crippen molar-refractivity contribution in [3.63, 3.8) is 0 Å². The molecule has 19 heavy (non-hydrogen) atoms. The molecule has 2 aromatic rings. The number of hydrogen-bond acceptors (Lipinski definition) is 3. The van der Waals surface area contributed by atoms with Crippen molar-refractivity contribution in [2.24, 2.45) is 0 Å². The van der Waals surface area contributed by atoms with Gasteiger partial charge in [0.05, 0.1) is 6.42 Å². The summed E-state index contributed by atoms with van der Waals surface area (Å²) >= 11 is 5.61. The van der Waals surface area contributed by atoms with Gasteiger partial charge in [0.1, 0.15) is 12.2 Å². The van der Waals surface area contributed by atoms with Gasteiger partial charge in [-0.15, -0.1) is 0 Å². The first kappa shape index (κ1) is 14.6. The van der Waals surface area contributed by atoms with Crippen molar-refractivity contribution in [1.29, 1.82) is 0 Å². The first-order chi connectivity index (χ1) is 8.99. The molecule has 4 nitrogen and oxygen atoms in total. The number of ketones is 1. The molecule has 2 rings (SSSR count). The fraction of sp³-hybridized carbons (Fsp3) is 0.308. The molecule has 1 heterocycles. The number of Topliss-reactive ketones (excluding diaryl/α,β-unsaturated/α-hetero) is 1. The Morgan fingerprint density at radius 1 is 1.47 bits per heavy atom. The van der Waals surface area contributed by atoms with E-state index in [9.17, 15) is 4.79 Å². The van der Waals surface area contributed by atoms with Crippen LogP contribution in [0.5, 0.6) is 0 Å². The lowest BCUT2D eigenvalue weighted by Crippen LogP contribution is -2.13. The Hall–Kier alpha value is -0.760. The highest BCUT2D eigenvalue weighted by Crippen LogP contribution is 2.21. The molecule has 6 heteroatoms. The summed E-state index contributed by atoms with van der Waals surface area (Å²) in [5, 5.41) is 4.14. The second kappa shape index (κ2) is 6.13. The fourth-order valence-corrected chi connectivity index (χ4v) is 2.74. The largest absolute Gasteiger partial charge is 0.294 e. The van der Waals surface area contributed by atoms with Crippen LogP contribution in [0.15, 0.2) is 29.0 Å². The second-order valence-electron chi connectivity index (χ2n) is 4.44. The van der Waals surface area contributed by atoms with Crippen LogP contribution in [0.3, 0.4) is 0 Å². The Bertz CT molecular complexity index is 610. The van der Waals surface area contributed by atoms with Gasteiger partial charge in [0.25, 0.3) is 0 Å². The monoisotopic (exact) mass is 433 g/mol. The van der Waals surface area contributed by atoms with E-state index < -0.39 is 0 Å². The molecule has 0 atom stereocenters. The third-order valence-electron chi connectivity index (χ3n) is 2.68. The van der Waals surface area contributed by atoms with Crippen LogP contribution in [-0.4, -0.2) is 20.5 Å². The quantitative estimate of drug-likeness (QED) is 0.546. The number of aromatic nitrogens is 3. The minimum absolute atomic E-state index is 0.0419. The van der Waals surface area contributed by atoms with E-state index >= 15 is 0 Å². The highest BCUT2D eigenvalue weighted by molar-refractivity contribution is 14.1. The summed E-state index contributed by atoms with van der Waals surface area (Å²) in [5.74, 6) is 0.742. The minimum atomic E-state index is 0.0419. The number of hydrogen-bond donors (Lipinski definition) is 0. The molecule has 0 aliphatic rings. The van der Waals surface area contributed by atoms with E-state index in [0.29, 0.717) is 11.4 Å². The minimum Gasteiger partial charge on any atom is -0.294 e. The van der Waals surface area contributed by atoms with Crippen LogP contribution in [0.25, 0.3) is 0 Å². The molecule has 0 saturated heterocycles. The van der Waals surface area contributed by atoms with E-state index in [1.54, 1.807) is 4.68 Å². The van der Waals surface area contributed by atoms with Crippen LogP contribution in [0, 0.1) is 3.57 Å². The molecule has 0 unspecified atom stereocenters. The zero-order chi connectivity index (χ0) is 14.0. The van der Waals surface area contributed by atoms with Crippen LogP contribution in [-0.2, 0) is 6.42 Å². The van der Waals surface area contributed by atoms with Crippen molar-refractivity contribution in [3.8, 4) is 0 Å². The summed E-state index contributed by atoms with van der Waals surface area (Å²) in [6.07, 6.45) is 1.75. The fourth-order valence-electron chi connectivity index (χ4n) is 1.78. The molecule has 100 valence electrons. The Labute approximate surface area is 133 Å². The van der Waals surface area contributed by atoms with Gasteiger partial charge in [0, 0.05) is 19.6 Å². The SMILES string of the molecule is CC(C)n1ncnc1CC(=O)c1cc(I)ccc1Br. The van der Waals surface area contributed by atoms with Gasteiger partial charge in [-0.05, 0) is 54.6 Å². The maximum Gasteiger partial charge on any atom is 0.171 e. The zero-order valence-electron chi connectivity index (χ0n) is 10.6. The molecule has 0 aliphatic heterocycles. The smallest absolute Gasteiger partial charge is 0.171 e. The molecule has 0 saturated carbocycles. The van der Waals surface area contributed by atoms with Gasteiger partial charge in [-0.1, -0.05) is 15.9 Å². The molecule has 0 bridgehead atoms. The summed E-state index contributed by atoms with van der Waals surface area (Å²) in [5.41, 5.74) is 0.685. The normalized spacial score (nSPS) is 11.0. The summed E-state index contributed by atoms with van der Waals surface area (Å²) in [6, 6.07) is 5.92. The summed E-state index contributed by atoms with van der Waals surface area (Å²) < 4.78 is 3.63. The Morgan fingerprint density at radius 3 is 2.89 bits per heavy atom. The number of halogens is 2. The van der Waals surface area contributed by atoms with Crippen molar-refractivity contribution < 1.29 is 4.79 Å². The number of rotatable bonds is 4. The maximum absolute atomic E-state index is 12.3. The number of nitrogens with zero attached hydrogens (tertiary/aromatic N) is 3. The van der Waals surface area contributed by atoms with Crippen molar-refractivity contribution in [2.75, 3.05) is 0 Å². The second-order valence-corrected chi connectivity index (χ2v) is 6.54. The van der Waals surface area contributed by atoms with Crippen LogP contribution < -0.4 is 0 Å². The van der Waals surface area contributed by atoms with Crippen LogP contribution in [0.4, 0.5) is 0 Å². The first-order valence-corrected chi connectivity index (χ1v) is 7.73. The number of benzene rings is 1. The maximum atomic E-state index is 12.3. The molecule has 0 aliphatic carbocycles. The molecule has 0 fully saturated rings. The average molecular weight is 434 g/mol. The molecule has 1 aromatic carbocycles. The molecular weight excluding hydrogens is 421 g/mol. The molecule has 0 N–H and O–H groups in total. The lowest BCUT2D eigenvalue weighted by atomic mass is 10.1. The molecular formula is C13H13BrIN3O. The Morgan fingerprint density at radius 2 is 2.21 bits per heavy atom. The average Bonchev–Trinajstić information content (AvgIpc) is 2.80. The summed E-state index contributed by atoms with van der Waals surface area (Å²) in [6.45, 7) is 4.04. The number of carbonyl (C=O) groups excluding carboxylic acids is 1. The number of carbonyl (C=O) groups is 1. The van der Waals surface area contributed by atoms with Crippen LogP contribution in [0.1, 0.15) is 36.1 Å². The van der Waals surface area contributed by atoms with Crippen molar-refractivity contribution in [3.05, 3.63) is 44.0 Å². The van der Waals surface area contributed by atoms with Gasteiger partial charge >= 0.3 is 0 Å². The highest BCUT2D eigenvalue weighted by Gasteiger charge is 2.16. The van der Waals surface area contributed by atoms with Gasteiger partial charge in [-0.25, -0.2) is 9.67 Å². The lowest BCUT2D eigenvalue weighted by Gasteiger charge is -2.09. The molecule has 1 aromatic heterocycles. The van der Waals surface area contributed by atoms with Gasteiger partial charge in [-0.3, -0.25) is 4.79 Å². The predicted molar refractivity (Wildman–Crippen MR) is 85.3 cm³/mol. The van der Waals surface area contributed by atoms with Crippen molar-refractivity contribution in [2.45, 2.75) is 26.3 Å². The first-order valence-electron chi connectivity index (χ1n) is 5.85. The van der Waals surface area contributed by atoms with E-state index in [4.69, 9.17) is 0 Å². The molecule has 0 radical (unpaired) electrons. The van der Waals surface area contributed by atoms with Crippen LogP contribution in [0.2, 0.25) is 0 Å². The van der Waals surface area contributed by atoms with E-state index in [-0.39, 0.29) is 18.2 Å². The van der Waals surface area contributed by atoms with E-state index in [1.165, 1.54) is 6.33 Å². The lowest BCUT2D eigenvalue weighted by molar-refractivity contribution is 0.0988. The predicted octanol–water partition coefficient (Wildman–Crippen LogP) is 3.65. The zero-order valence-corrected chi connectivity index (χ0v) is 14.3. The standard InChI is InChI=1S/C13H13BrIN3O/c1-8(2)18-13(16-7-17-18)6-12(19)10-5-9(15)3-4-11(10)14/h3-5,7-8H,6H2,1-2H3. The van der Waals surface area contributed by atoms with Gasteiger partial charge in [0.2, 0.25) is 0 Å². The Balaban J connectivity index is 2.26. The van der Waals surface area contributed by atoms with E-state index in [2.05, 4.69) is 48.6 Å². The van der Waals surface area contributed by atoms with E-state index in [0.717, 1.165) is 8.04 Å². The van der Waals surface area contributed by atoms with Gasteiger partial charge in [-0.2, -0.15) is 5.10 Å². The summed E-state index contributed by atoms with van der Waals surface area (Å²) in [4.78, 5) is 16.5. The molecule has 0 spiro atoms. The van der Waals surface area contributed by atoms with E-state index in [1.807, 2.05) is 32.0 Å². The van der Waals surface area contributed by atoms with Gasteiger partial charge < -0.3 is 0 Å². The highest BCUT2D eigenvalue weighted by atomic mass is 127. The Kier molecular flexibility index (Phi) is 4.72. The van der Waals surface area contributed by atoms with Gasteiger partial charge in [0.15, 0.2) is 5.78 Å². The third kappa shape index (κ3) is 3.42. The summed E-state index contributed by atoms with van der Waals surface area (Å²) in [7, 11) is 0. The topological polar surface area (TPSA) is 47.8 Å².